The molecule has 0 saturated heterocycles. The van der Waals surface area contributed by atoms with Crippen molar-refractivity contribution in [3.8, 4) is 18.1 Å². The van der Waals surface area contributed by atoms with Crippen LogP contribution in [0.5, 0.6) is 5.75 Å². The molecule has 0 saturated carbocycles. The van der Waals surface area contributed by atoms with E-state index in [1.54, 1.807) is 12.1 Å². The molecule has 0 radical (unpaired) electrons. The summed E-state index contributed by atoms with van der Waals surface area (Å²) in [5.41, 5.74) is 4.74. The van der Waals surface area contributed by atoms with Crippen LogP contribution < -0.4 is 10.2 Å². The summed E-state index contributed by atoms with van der Waals surface area (Å²) in [5.74, 6) is 2.50. The Morgan fingerprint density at radius 3 is 2.52 bits per heavy atom. The second-order valence-electron chi connectivity index (χ2n) is 5.32. The van der Waals surface area contributed by atoms with Crippen LogP contribution in [0.4, 0.5) is 0 Å². The predicted molar refractivity (Wildman–Crippen MR) is 109 cm³/mol. The lowest BCUT2D eigenvalue weighted by Gasteiger charge is -2.08. The van der Waals surface area contributed by atoms with E-state index in [2.05, 4.69) is 26.4 Å². The molecular formula is C18H16Cl2N4O2S. The van der Waals surface area contributed by atoms with E-state index in [0.717, 1.165) is 11.4 Å². The van der Waals surface area contributed by atoms with Gasteiger partial charge in [0.15, 0.2) is 10.9 Å². The molecule has 6 nitrogen and oxygen atoms in total. The lowest BCUT2D eigenvalue weighted by molar-refractivity contribution is -0.118. The van der Waals surface area contributed by atoms with Gasteiger partial charge in [0.1, 0.15) is 6.61 Å². The number of nitrogens with zero attached hydrogens (tertiary/aromatic N) is 3. The number of aromatic nitrogens is 2. The first-order valence-corrected chi connectivity index (χ1v) is 9.45. The van der Waals surface area contributed by atoms with E-state index in [1.165, 1.54) is 18.0 Å². The van der Waals surface area contributed by atoms with Crippen LogP contribution in [0.15, 0.2) is 28.5 Å². The number of amides is 1. The van der Waals surface area contributed by atoms with E-state index < -0.39 is 0 Å². The third-order valence-corrected chi connectivity index (χ3v) is 4.43. The number of ether oxygens (including phenoxy) is 1. The lowest BCUT2D eigenvalue weighted by Crippen LogP contribution is -2.19. The summed E-state index contributed by atoms with van der Waals surface area (Å²) in [6, 6.07) is 5.08. The molecule has 1 aromatic carbocycles. The molecule has 1 N–H and O–H groups in total. The van der Waals surface area contributed by atoms with Gasteiger partial charge in [-0.1, -0.05) is 40.9 Å². The normalized spacial score (nSPS) is 10.6. The average Bonchev–Trinajstić information content (AvgIpc) is 2.58. The number of hydrogen-bond donors (Lipinski definition) is 1. The number of carbonyl (C=O) groups excluding carboxylic acids is 1. The molecule has 0 unspecified atom stereocenters. The molecular weight excluding hydrogens is 407 g/mol. The second-order valence-corrected chi connectivity index (χ2v) is 7.08. The number of halogens is 2. The molecule has 0 aliphatic carbocycles. The Hall–Kier alpha value is -2.27. The zero-order valence-corrected chi connectivity index (χ0v) is 17.0. The van der Waals surface area contributed by atoms with Gasteiger partial charge in [-0.15, -0.1) is 6.42 Å². The van der Waals surface area contributed by atoms with Crippen molar-refractivity contribution in [2.45, 2.75) is 19.0 Å². The molecule has 27 heavy (non-hydrogen) atoms. The Balaban J connectivity index is 1.91. The van der Waals surface area contributed by atoms with Gasteiger partial charge in [0, 0.05) is 11.4 Å². The first-order chi connectivity index (χ1) is 12.9. The fraction of sp³-hybridized carbons (Fsp3) is 0.222. The summed E-state index contributed by atoms with van der Waals surface area (Å²) in [6.07, 6.45) is 6.57. The summed E-state index contributed by atoms with van der Waals surface area (Å²) in [5, 5.41) is 5.04. The number of benzene rings is 1. The van der Waals surface area contributed by atoms with Crippen molar-refractivity contribution >= 4 is 47.1 Å². The Bertz CT molecular complexity index is 869. The summed E-state index contributed by atoms with van der Waals surface area (Å²) in [6.45, 7) is 3.81. The third kappa shape index (κ3) is 6.75. The number of hydrazone groups is 1. The number of thioether (sulfide) groups is 1. The van der Waals surface area contributed by atoms with Crippen molar-refractivity contribution in [1.29, 1.82) is 0 Å². The summed E-state index contributed by atoms with van der Waals surface area (Å²) in [4.78, 5) is 20.4. The summed E-state index contributed by atoms with van der Waals surface area (Å²) < 4.78 is 5.28. The zero-order valence-electron chi connectivity index (χ0n) is 14.6. The van der Waals surface area contributed by atoms with Crippen molar-refractivity contribution in [3.63, 3.8) is 0 Å². The van der Waals surface area contributed by atoms with E-state index >= 15 is 0 Å². The maximum absolute atomic E-state index is 11.9. The molecule has 2 aromatic rings. The minimum absolute atomic E-state index is 0.0603. The SMILES string of the molecule is C#CCOc1c(Cl)cc(/C=N\NC(=O)CSc2nc(C)cc(C)n2)cc1Cl. The molecule has 1 amide bonds. The first-order valence-electron chi connectivity index (χ1n) is 7.71. The predicted octanol–water partition coefficient (Wildman–Crippen LogP) is 3.65. The van der Waals surface area contributed by atoms with Gasteiger partial charge in [0.2, 0.25) is 0 Å². The van der Waals surface area contributed by atoms with Crippen LogP contribution in [0.1, 0.15) is 17.0 Å². The Morgan fingerprint density at radius 2 is 1.93 bits per heavy atom. The van der Waals surface area contributed by atoms with Crippen molar-refractivity contribution in [2.24, 2.45) is 5.10 Å². The summed E-state index contributed by atoms with van der Waals surface area (Å²) >= 11 is 13.5. The molecule has 0 bridgehead atoms. The van der Waals surface area contributed by atoms with Crippen LogP contribution in [-0.4, -0.2) is 34.4 Å². The van der Waals surface area contributed by atoms with Crippen LogP contribution in [0.2, 0.25) is 10.0 Å². The monoisotopic (exact) mass is 422 g/mol. The molecule has 0 spiro atoms. The van der Waals surface area contributed by atoms with Crippen molar-refractivity contribution in [1.82, 2.24) is 15.4 Å². The number of terminal acetylenes is 1. The minimum atomic E-state index is -0.287. The van der Waals surface area contributed by atoms with Gasteiger partial charge in [-0.3, -0.25) is 4.79 Å². The maximum Gasteiger partial charge on any atom is 0.250 e. The molecule has 1 heterocycles. The largest absolute Gasteiger partial charge is 0.478 e. The fourth-order valence-electron chi connectivity index (χ4n) is 2.01. The van der Waals surface area contributed by atoms with Crippen LogP contribution in [0.25, 0.3) is 0 Å². The highest BCUT2D eigenvalue weighted by Gasteiger charge is 2.09. The van der Waals surface area contributed by atoms with Gasteiger partial charge in [-0.05, 0) is 37.6 Å². The quantitative estimate of drug-likeness (QED) is 0.242. The standard InChI is InChI=1S/C18H16Cl2N4O2S/c1-4-5-26-17-14(19)7-13(8-15(17)20)9-21-24-16(25)10-27-18-22-11(2)6-12(3)23-18/h1,6-9H,5,10H2,2-3H3,(H,24,25)/b21-9-. The van der Waals surface area contributed by atoms with Crippen molar-refractivity contribution < 1.29 is 9.53 Å². The smallest absolute Gasteiger partial charge is 0.250 e. The maximum atomic E-state index is 11.9. The Labute approximate surface area is 171 Å². The first kappa shape index (κ1) is 21.0. The molecule has 0 fully saturated rings. The molecule has 1 aromatic heterocycles. The highest BCUT2D eigenvalue weighted by Crippen LogP contribution is 2.33. The topological polar surface area (TPSA) is 76.5 Å². The van der Waals surface area contributed by atoms with E-state index in [1.807, 2.05) is 19.9 Å². The number of hydrogen-bond acceptors (Lipinski definition) is 6. The fourth-order valence-corrected chi connectivity index (χ4v) is 3.36. The highest BCUT2D eigenvalue weighted by molar-refractivity contribution is 7.99. The summed E-state index contributed by atoms with van der Waals surface area (Å²) in [7, 11) is 0. The molecule has 0 atom stereocenters. The molecule has 0 aliphatic heterocycles. The van der Waals surface area contributed by atoms with Crippen LogP contribution >= 0.6 is 35.0 Å². The van der Waals surface area contributed by atoms with Gasteiger partial charge in [0.05, 0.1) is 22.0 Å². The van der Waals surface area contributed by atoms with E-state index in [0.29, 0.717) is 26.5 Å². The third-order valence-electron chi connectivity index (χ3n) is 3.02. The Kier molecular flexibility index (Phi) is 7.92. The second kappa shape index (κ2) is 10.2. The zero-order chi connectivity index (χ0) is 19.8. The van der Waals surface area contributed by atoms with Crippen LogP contribution in [0.3, 0.4) is 0 Å². The van der Waals surface area contributed by atoms with Crippen molar-refractivity contribution in [2.75, 3.05) is 12.4 Å². The molecule has 9 heteroatoms. The molecule has 140 valence electrons. The Morgan fingerprint density at radius 1 is 1.30 bits per heavy atom. The van der Waals surface area contributed by atoms with Crippen LogP contribution in [0, 0.1) is 26.2 Å². The van der Waals surface area contributed by atoms with Crippen LogP contribution in [-0.2, 0) is 4.79 Å². The average molecular weight is 423 g/mol. The number of carbonyl (C=O) groups is 1. The number of rotatable bonds is 7. The minimum Gasteiger partial charge on any atom is -0.478 e. The van der Waals surface area contributed by atoms with Gasteiger partial charge in [-0.2, -0.15) is 5.10 Å². The lowest BCUT2D eigenvalue weighted by atomic mass is 10.2. The number of aryl methyl sites for hydroxylation is 2. The van der Waals surface area contributed by atoms with Gasteiger partial charge < -0.3 is 4.74 Å². The van der Waals surface area contributed by atoms with E-state index in [-0.39, 0.29) is 18.3 Å². The molecule has 2 rings (SSSR count). The van der Waals surface area contributed by atoms with E-state index in [9.17, 15) is 4.79 Å². The highest BCUT2D eigenvalue weighted by atomic mass is 35.5. The van der Waals surface area contributed by atoms with Crippen molar-refractivity contribution in [3.05, 3.63) is 45.2 Å². The van der Waals surface area contributed by atoms with Gasteiger partial charge in [-0.25, -0.2) is 15.4 Å². The molecule has 0 aliphatic rings. The van der Waals surface area contributed by atoms with Gasteiger partial charge in [0.25, 0.3) is 5.91 Å². The number of nitrogens with one attached hydrogen (secondary N) is 1. The van der Waals surface area contributed by atoms with E-state index in [4.69, 9.17) is 34.4 Å². The van der Waals surface area contributed by atoms with Gasteiger partial charge >= 0.3 is 0 Å².